The third kappa shape index (κ3) is 3.70. The third-order valence-corrected chi connectivity index (χ3v) is 3.27. The number of carbonyl (C=O) groups is 1. The molecule has 2 heterocycles. The predicted octanol–water partition coefficient (Wildman–Crippen LogP) is 2.87. The second kappa shape index (κ2) is 6.53. The summed E-state index contributed by atoms with van der Waals surface area (Å²) in [5.41, 5.74) is 2.19. The molecule has 0 atom stereocenters. The van der Waals surface area contributed by atoms with Crippen molar-refractivity contribution in [1.29, 1.82) is 0 Å². The molecule has 0 spiro atoms. The van der Waals surface area contributed by atoms with Crippen LogP contribution in [0, 0.1) is 6.92 Å². The molecule has 1 amide bonds. The second-order valence-corrected chi connectivity index (χ2v) is 5.28. The van der Waals surface area contributed by atoms with E-state index in [9.17, 15) is 4.79 Å². The van der Waals surface area contributed by atoms with Gasteiger partial charge in [-0.25, -0.2) is 4.68 Å². The Labute approximate surface area is 137 Å². The summed E-state index contributed by atoms with van der Waals surface area (Å²) in [7, 11) is 0. The van der Waals surface area contributed by atoms with E-state index in [1.54, 1.807) is 36.0 Å². The van der Waals surface area contributed by atoms with Crippen molar-refractivity contribution in [2.45, 2.75) is 6.92 Å². The van der Waals surface area contributed by atoms with Crippen LogP contribution in [0.1, 0.15) is 5.69 Å². The van der Waals surface area contributed by atoms with E-state index in [1.165, 1.54) is 0 Å². The van der Waals surface area contributed by atoms with Crippen LogP contribution in [0.3, 0.4) is 0 Å². The molecule has 1 aromatic carbocycles. The van der Waals surface area contributed by atoms with Gasteiger partial charge in [-0.3, -0.25) is 10.1 Å². The molecule has 0 aliphatic heterocycles. The number of hydrogen-bond donors (Lipinski definition) is 2. The summed E-state index contributed by atoms with van der Waals surface area (Å²) in [6.45, 7) is 1.83. The van der Waals surface area contributed by atoms with E-state index in [1.807, 2.05) is 18.3 Å². The largest absolute Gasteiger partial charge is 0.374 e. The summed E-state index contributed by atoms with van der Waals surface area (Å²) in [5.74, 6) is 0.0558. The molecule has 8 heteroatoms. The van der Waals surface area contributed by atoms with E-state index in [0.717, 1.165) is 5.69 Å². The number of aryl methyl sites for hydroxylation is 1. The van der Waals surface area contributed by atoms with Gasteiger partial charge in [0, 0.05) is 23.5 Å². The first-order valence-corrected chi connectivity index (χ1v) is 7.26. The van der Waals surface area contributed by atoms with Crippen LogP contribution in [0.4, 0.5) is 11.6 Å². The lowest BCUT2D eigenvalue weighted by Crippen LogP contribution is -2.22. The topological polar surface area (TPSA) is 85.0 Å². The monoisotopic (exact) mass is 331 g/mol. The summed E-state index contributed by atoms with van der Waals surface area (Å²) in [6, 6.07) is 8.80. The van der Waals surface area contributed by atoms with Gasteiger partial charge in [-0.15, -0.1) is 0 Å². The molecule has 0 radical (unpaired) electrons. The highest BCUT2D eigenvalue weighted by Crippen LogP contribution is 2.24. The Kier molecular flexibility index (Phi) is 4.29. The highest BCUT2D eigenvalue weighted by atomic mass is 35.5. The average molecular weight is 332 g/mol. The van der Waals surface area contributed by atoms with Gasteiger partial charge in [0.2, 0.25) is 11.8 Å². The Morgan fingerprint density at radius 3 is 2.96 bits per heavy atom. The van der Waals surface area contributed by atoms with Gasteiger partial charge in [-0.05, 0) is 31.2 Å². The fraction of sp³-hybridized carbons (Fsp3) is 0.133. The van der Waals surface area contributed by atoms with Gasteiger partial charge in [0.25, 0.3) is 0 Å². The first-order chi connectivity index (χ1) is 11.1. The fourth-order valence-electron chi connectivity index (χ4n) is 2.04. The molecule has 0 saturated carbocycles. The molecule has 0 aliphatic rings. The highest BCUT2D eigenvalue weighted by molar-refractivity contribution is 6.31. The van der Waals surface area contributed by atoms with E-state index in [0.29, 0.717) is 22.3 Å². The van der Waals surface area contributed by atoms with Crippen molar-refractivity contribution in [3.05, 3.63) is 53.4 Å². The summed E-state index contributed by atoms with van der Waals surface area (Å²) in [6.07, 6.45) is 3.49. The van der Waals surface area contributed by atoms with Gasteiger partial charge in [0.15, 0.2) is 0 Å². The number of anilines is 2. The molecule has 0 aliphatic carbocycles. The number of rotatable bonds is 5. The predicted molar refractivity (Wildman–Crippen MR) is 86.9 cm³/mol. The summed E-state index contributed by atoms with van der Waals surface area (Å²) in [5, 5.41) is 14.1. The van der Waals surface area contributed by atoms with E-state index in [2.05, 4.69) is 20.9 Å². The fourth-order valence-corrected chi connectivity index (χ4v) is 2.21. The van der Waals surface area contributed by atoms with Gasteiger partial charge in [-0.2, -0.15) is 5.10 Å². The first kappa shape index (κ1) is 15.1. The number of halogens is 1. The van der Waals surface area contributed by atoms with Crippen LogP contribution >= 0.6 is 11.6 Å². The molecule has 0 unspecified atom stereocenters. The number of amides is 1. The normalized spacial score (nSPS) is 10.5. The molecule has 0 bridgehead atoms. The van der Waals surface area contributed by atoms with Crippen molar-refractivity contribution in [1.82, 2.24) is 14.9 Å². The summed E-state index contributed by atoms with van der Waals surface area (Å²) < 4.78 is 6.63. The summed E-state index contributed by atoms with van der Waals surface area (Å²) in [4.78, 5) is 12.0. The maximum atomic E-state index is 12.0. The number of aromatic nitrogens is 3. The van der Waals surface area contributed by atoms with Crippen molar-refractivity contribution in [3.63, 3.8) is 0 Å². The van der Waals surface area contributed by atoms with Gasteiger partial charge in [0.1, 0.15) is 0 Å². The van der Waals surface area contributed by atoms with Crippen LogP contribution in [-0.4, -0.2) is 27.4 Å². The van der Waals surface area contributed by atoms with Crippen molar-refractivity contribution in [2.75, 3.05) is 17.2 Å². The number of nitrogens with zero attached hydrogens (tertiary/aromatic N) is 3. The van der Waals surface area contributed by atoms with Gasteiger partial charge in [0.05, 0.1) is 23.6 Å². The summed E-state index contributed by atoms with van der Waals surface area (Å²) >= 11 is 6.03. The Morgan fingerprint density at radius 2 is 2.26 bits per heavy atom. The Hall–Kier alpha value is -2.80. The molecule has 0 saturated heterocycles. The van der Waals surface area contributed by atoms with Crippen LogP contribution in [0.2, 0.25) is 5.02 Å². The van der Waals surface area contributed by atoms with Crippen LogP contribution in [0.15, 0.2) is 47.2 Å². The lowest BCUT2D eigenvalue weighted by atomic mass is 10.2. The maximum absolute atomic E-state index is 12.0. The molecule has 2 N–H and O–H groups in total. The SMILES string of the molecule is Cc1cc(NC(=O)CNc2cc(Cl)ccc2-n2cccn2)on1. The number of hydrogen-bond acceptors (Lipinski definition) is 5. The Morgan fingerprint density at radius 1 is 1.39 bits per heavy atom. The zero-order chi connectivity index (χ0) is 16.2. The zero-order valence-corrected chi connectivity index (χ0v) is 13.0. The van der Waals surface area contributed by atoms with Gasteiger partial charge >= 0.3 is 0 Å². The molecule has 2 aromatic heterocycles. The van der Waals surface area contributed by atoms with E-state index < -0.39 is 0 Å². The molecule has 118 valence electrons. The van der Waals surface area contributed by atoms with E-state index in [4.69, 9.17) is 16.1 Å². The molecular formula is C15H14ClN5O2. The standard InChI is InChI=1S/C15H14ClN5O2/c1-10-7-15(23-20-10)19-14(22)9-17-12-8-11(16)3-4-13(12)21-6-2-5-18-21/h2-8,17H,9H2,1H3,(H,19,22). The molecule has 7 nitrogen and oxygen atoms in total. The highest BCUT2D eigenvalue weighted by Gasteiger charge is 2.10. The van der Waals surface area contributed by atoms with Crippen molar-refractivity contribution < 1.29 is 9.32 Å². The molecule has 23 heavy (non-hydrogen) atoms. The maximum Gasteiger partial charge on any atom is 0.246 e. The molecule has 3 rings (SSSR count). The zero-order valence-electron chi connectivity index (χ0n) is 12.3. The van der Waals surface area contributed by atoms with Crippen molar-refractivity contribution in [3.8, 4) is 5.69 Å². The second-order valence-electron chi connectivity index (χ2n) is 4.85. The molecule has 3 aromatic rings. The van der Waals surface area contributed by atoms with Gasteiger partial charge in [-0.1, -0.05) is 16.8 Å². The number of benzene rings is 1. The Balaban J connectivity index is 1.70. The van der Waals surface area contributed by atoms with Crippen LogP contribution < -0.4 is 10.6 Å². The molecular weight excluding hydrogens is 318 g/mol. The molecule has 0 fully saturated rings. The Bertz CT molecular complexity index is 813. The number of nitrogens with one attached hydrogen (secondary N) is 2. The number of carbonyl (C=O) groups excluding carboxylic acids is 1. The van der Waals surface area contributed by atoms with Crippen LogP contribution in [0.5, 0.6) is 0 Å². The van der Waals surface area contributed by atoms with E-state index in [-0.39, 0.29) is 12.5 Å². The minimum absolute atomic E-state index is 0.0500. The van der Waals surface area contributed by atoms with Crippen molar-refractivity contribution in [2.24, 2.45) is 0 Å². The van der Waals surface area contributed by atoms with Crippen LogP contribution in [-0.2, 0) is 4.79 Å². The van der Waals surface area contributed by atoms with Crippen LogP contribution in [0.25, 0.3) is 5.69 Å². The lowest BCUT2D eigenvalue weighted by molar-refractivity contribution is -0.114. The van der Waals surface area contributed by atoms with E-state index >= 15 is 0 Å². The average Bonchev–Trinajstić information content (AvgIpc) is 3.17. The quantitative estimate of drug-likeness (QED) is 0.751. The van der Waals surface area contributed by atoms with Gasteiger partial charge < -0.3 is 9.84 Å². The lowest BCUT2D eigenvalue weighted by Gasteiger charge is -2.12. The first-order valence-electron chi connectivity index (χ1n) is 6.88. The third-order valence-electron chi connectivity index (χ3n) is 3.04. The minimum Gasteiger partial charge on any atom is -0.374 e. The van der Waals surface area contributed by atoms with Crippen molar-refractivity contribution >= 4 is 29.1 Å². The minimum atomic E-state index is -0.257. The smallest absolute Gasteiger partial charge is 0.246 e.